The molecule has 0 aliphatic heterocycles. The third kappa shape index (κ3) is 3.77. The average Bonchev–Trinajstić information content (AvgIpc) is 2.47. The van der Waals surface area contributed by atoms with Crippen molar-refractivity contribution in [3.63, 3.8) is 0 Å². The second-order valence-electron chi connectivity index (χ2n) is 4.71. The van der Waals surface area contributed by atoms with E-state index in [1.54, 1.807) is 24.5 Å². The summed E-state index contributed by atoms with van der Waals surface area (Å²) in [7, 11) is 0. The molecule has 0 saturated heterocycles. The van der Waals surface area contributed by atoms with Gasteiger partial charge in [0, 0.05) is 18.4 Å². The highest BCUT2D eigenvalue weighted by Gasteiger charge is 2.21. The van der Waals surface area contributed by atoms with Crippen molar-refractivity contribution in [2.75, 3.05) is 0 Å². The predicted octanol–water partition coefficient (Wildman–Crippen LogP) is 3.49. The van der Waals surface area contributed by atoms with Crippen LogP contribution in [0.25, 0.3) is 0 Å². The van der Waals surface area contributed by atoms with E-state index < -0.39 is 0 Å². The third-order valence-corrected chi connectivity index (χ3v) is 4.35. The highest BCUT2D eigenvalue weighted by Crippen LogP contribution is 2.36. The van der Waals surface area contributed by atoms with Crippen LogP contribution in [0.2, 0.25) is 0 Å². The molecule has 5 heteroatoms. The maximum atomic E-state index is 13.0. The van der Waals surface area contributed by atoms with E-state index in [2.05, 4.69) is 9.97 Å². The lowest BCUT2D eigenvalue weighted by atomic mass is 10.0. The standard InChI is InChI=1S/C15H18FN3S/c1-3-13(17)14(11-4-6-12(16)7-5-11)20-15-18-8-10(2)9-19-15/h4-9,13-14H,3,17H2,1-2H3. The summed E-state index contributed by atoms with van der Waals surface area (Å²) in [5.41, 5.74) is 8.21. The lowest BCUT2D eigenvalue weighted by molar-refractivity contribution is 0.617. The SMILES string of the molecule is CCC(N)C(Sc1ncc(C)cn1)c1ccc(F)cc1. The number of rotatable bonds is 5. The Morgan fingerprint density at radius 3 is 2.35 bits per heavy atom. The second-order valence-corrected chi connectivity index (χ2v) is 5.81. The van der Waals surface area contributed by atoms with Crippen LogP contribution in [0.1, 0.15) is 29.7 Å². The molecule has 1 heterocycles. The van der Waals surface area contributed by atoms with Gasteiger partial charge in [-0.25, -0.2) is 14.4 Å². The van der Waals surface area contributed by atoms with Gasteiger partial charge in [0.1, 0.15) is 5.82 Å². The summed E-state index contributed by atoms with van der Waals surface area (Å²) in [5, 5.41) is 0.706. The lowest BCUT2D eigenvalue weighted by Crippen LogP contribution is -2.25. The summed E-state index contributed by atoms with van der Waals surface area (Å²) in [4.78, 5) is 8.60. The molecule has 1 aromatic carbocycles. The van der Waals surface area contributed by atoms with Crippen LogP contribution in [0.15, 0.2) is 41.8 Å². The molecule has 0 radical (unpaired) electrons. The first-order valence-corrected chi connectivity index (χ1v) is 7.44. The Morgan fingerprint density at radius 1 is 1.20 bits per heavy atom. The first-order chi connectivity index (χ1) is 9.60. The maximum absolute atomic E-state index is 13.0. The highest BCUT2D eigenvalue weighted by atomic mass is 32.2. The number of benzene rings is 1. The number of aromatic nitrogens is 2. The van der Waals surface area contributed by atoms with Gasteiger partial charge < -0.3 is 5.73 Å². The number of hydrogen-bond acceptors (Lipinski definition) is 4. The molecule has 2 N–H and O–H groups in total. The van der Waals surface area contributed by atoms with E-state index in [0.717, 1.165) is 17.5 Å². The fraction of sp³-hybridized carbons (Fsp3) is 0.333. The van der Waals surface area contributed by atoms with Crippen molar-refractivity contribution in [1.29, 1.82) is 0 Å². The molecule has 20 heavy (non-hydrogen) atoms. The molecule has 2 rings (SSSR count). The van der Waals surface area contributed by atoms with Crippen molar-refractivity contribution < 1.29 is 4.39 Å². The molecular weight excluding hydrogens is 273 g/mol. The van der Waals surface area contributed by atoms with E-state index >= 15 is 0 Å². The topological polar surface area (TPSA) is 51.8 Å². The van der Waals surface area contributed by atoms with Gasteiger partial charge in [-0.1, -0.05) is 30.8 Å². The molecule has 0 saturated carbocycles. The minimum absolute atomic E-state index is 0.0170. The van der Waals surface area contributed by atoms with Crippen LogP contribution >= 0.6 is 11.8 Å². The van der Waals surface area contributed by atoms with E-state index in [9.17, 15) is 4.39 Å². The molecule has 106 valence electrons. The van der Waals surface area contributed by atoms with Crippen molar-refractivity contribution in [2.24, 2.45) is 5.73 Å². The summed E-state index contributed by atoms with van der Waals surface area (Å²) in [6, 6.07) is 6.44. The zero-order valence-corrected chi connectivity index (χ0v) is 12.4. The largest absolute Gasteiger partial charge is 0.326 e. The Balaban J connectivity index is 2.23. The van der Waals surface area contributed by atoms with E-state index in [0.29, 0.717) is 5.16 Å². The van der Waals surface area contributed by atoms with Gasteiger partial charge in [0.05, 0.1) is 5.25 Å². The van der Waals surface area contributed by atoms with Crippen LogP contribution in [-0.2, 0) is 0 Å². The van der Waals surface area contributed by atoms with Gasteiger partial charge in [-0.3, -0.25) is 0 Å². The van der Waals surface area contributed by atoms with E-state index in [1.807, 2.05) is 13.8 Å². The summed E-state index contributed by atoms with van der Waals surface area (Å²) in [6.07, 6.45) is 4.41. The molecule has 0 aliphatic carbocycles. The molecule has 0 spiro atoms. The number of nitrogens with two attached hydrogens (primary N) is 1. The normalized spacial score (nSPS) is 14.0. The zero-order chi connectivity index (χ0) is 14.5. The number of aryl methyl sites for hydroxylation is 1. The van der Waals surface area contributed by atoms with Gasteiger partial charge >= 0.3 is 0 Å². The Kier molecular flexibility index (Phi) is 5.09. The molecule has 0 aliphatic rings. The summed E-state index contributed by atoms with van der Waals surface area (Å²) in [5.74, 6) is -0.242. The quantitative estimate of drug-likeness (QED) is 0.676. The molecule has 2 unspecified atom stereocenters. The molecule has 2 atom stereocenters. The second kappa shape index (κ2) is 6.81. The van der Waals surface area contributed by atoms with Crippen LogP contribution in [-0.4, -0.2) is 16.0 Å². The highest BCUT2D eigenvalue weighted by molar-refractivity contribution is 7.99. The Bertz CT molecular complexity index is 542. The Hall–Kier alpha value is -1.46. The van der Waals surface area contributed by atoms with Gasteiger partial charge in [-0.2, -0.15) is 0 Å². The van der Waals surface area contributed by atoms with Crippen LogP contribution in [0, 0.1) is 12.7 Å². The summed E-state index contributed by atoms with van der Waals surface area (Å²) < 4.78 is 13.0. The minimum Gasteiger partial charge on any atom is -0.326 e. The van der Waals surface area contributed by atoms with Gasteiger partial charge in [0.25, 0.3) is 0 Å². The smallest absolute Gasteiger partial charge is 0.188 e. The van der Waals surface area contributed by atoms with Crippen molar-refractivity contribution in [3.8, 4) is 0 Å². The molecule has 2 aromatic rings. The summed E-state index contributed by atoms with van der Waals surface area (Å²) in [6.45, 7) is 3.99. The number of nitrogens with zero attached hydrogens (tertiary/aromatic N) is 2. The van der Waals surface area contributed by atoms with Gasteiger partial charge in [-0.05, 0) is 36.6 Å². The van der Waals surface area contributed by atoms with Crippen LogP contribution in [0.4, 0.5) is 4.39 Å². The van der Waals surface area contributed by atoms with Crippen molar-refractivity contribution in [3.05, 3.63) is 53.6 Å². The van der Waals surface area contributed by atoms with Gasteiger partial charge in [-0.15, -0.1) is 0 Å². The first kappa shape index (κ1) is 14.9. The molecule has 1 aromatic heterocycles. The number of thioether (sulfide) groups is 1. The van der Waals surface area contributed by atoms with Crippen molar-refractivity contribution in [2.45, 2.75) is 36.7 Å². The van der Waals surface area contributed by atoms with Crippen molar-refractivity contribution >= 4 is 11.8 Å². The molecular formula is C15H18FN3S. The predicted molar refractivity (Wildman–Crippen MR) is 80.0 cm³/mol. The van der Waals surface area contributed by atoms with Crippen LogP contribution in [0.3, 0.4) is 0 Å². The maximum Gasteiger partial charge on any atom is 0.188 e. The van der Waals surface area contributed by atoms with Gasteiger partial charge in [0.2, 0.25) is 0 Å². The minimum atomic E-state index is -0.242. The fourth-order valence-electron chi connectivity index (χ4n) is 1.82. The van der Waals surface area contributed by atoms with E-state index in [-0.39, 0.29) is 17.1 Å². The van der Waals surface area contributed by atoms with Crippen molar-refractivity contribution in [1.82, 2.24) is 9.97 Å². The first-order valence-electron chi connectivity index (χ1n) is 6.56. The number of hydrogen-bond donors (Lipinski definition) is 1. The molecule has 0 amide bonds. The Morgan fingerprint density at radius 2 is 1.80 bits per heavy atom. The monoisotopic (exact) mass is 291 g/mol. The molecule has 3 nitrogen and oxygen atoms in total. The van der Waals surface area contributed by atoms with Crippen LogP contribution < -0.4 is 5.73 Å². The van der Waals surface area contributed by atoms with E-state index in [1.165, 1.54) is 23.9 Å². The fourth-order valence-corrected chi connectivity index (χ4v) is 2.94. The Labute approximate surface area is 122 Å². The zero-order valence-electron chi connectivity index (χ0n) is 11.6. The average molecular weight is 291 g/mol. The van der Waals surface area contributed by atoms with Gasteiger partial charge in [0.15, 0.2) is 5.16 Å². The van der Waals surface area contributed by atoms with E-state index in [4.69, 9.17) is 5.73 Å². The molecule has 0 fully saturated rings. The van der Waals surface area contributed by atoms with Crippen LogP contribution in [0.5, 0.6) is 0 Å². The number of halogens is 1. The third-order valence-electron chi connectivity index (χ3n) is 3.05. The molecule has 0 bridgehead atoms. The summed E-state index contributed by atoms with van der Waals surface area (Å²) >= 11 is 1.52. The lowest BCUT2D eigenvalue weighted by Gasteiger charge is -2.22.